The number of hydrogen-bond acceptors (Lipinski definition) is 4. The first-order valence-electron chi connectivity index (χ1n) is 6.48. The number of amides is 1. The van der Waals surface area contributed by atoms with Crippen LogP contribution in [-0.4, -0.2) is 25.1 Å². The van der Waals surface area contributed by atoms with E-state index in [1.54, 1.807) is 18.2 Å². The standard InChI is InChI=1S/C14H16ClN3O2/c15-12-2-1-3-13(11(12)8-18-10-4-5-10)20-9-14(19)17-7-6-16/h1-3,10,18H,4-5,7-9H2,(H,17,19). The Labute approximate surface area is 122 Å². The van der Waals surface area contributed by atoms with Gasteiger partial charge in [-0.1, -0.05) is 17.7 Å². The number of hydrogen-bond donors (Lipinski definition) is 2. The Kier molecular flexibility index (Phi) is 5.22. The quantitative estimate of drug-likeness (QED) is 0.749. The van der Waals surface area contributed by atoms with Crippen molar-refractivity contribution in [1.82, 2.24) is 10.6 Å². The molecule has 1 aromatic carbocycles. The average molecular weight is 294 g/mol. The molecule has 1 amide bonds. The smallest absolute Gasteiger partial charge is 0.258 e. The topological polar surface area (TPSA) is 74.2 Å². The van der Waals surface area contributed by atoms with E-state index in [9.17, 15) is 4.79 Å². The van der Waals surface area contributed by atoms with Crippen LogP contribution in [0, 0.1) is 11.3 Å². The minimum atomic E-state index is -0.326. The molecule has 0 aliphatic heterocycles. The molecule has 1 aliphatic carbocycles. The summed E-state index contributed by atoms with van der Waals surface area (Å²) in [5.74, 6) is 0.269. The summed E-state index contributed by atoms with van der Waals surface area (Å²) in [6, 6.07) is 7.77. The van der Waals surface area contributed by atoms with E-state index < -0.39 is 0 Å². The third kappa shape index (κ3) is 4.41. The molecule has 6 heteroatoms. The number of nitriles is 1. The van der Waals surface area contributed by atoms with Gasteiger partial charge in [-0.2, -0.15) is 5.26 Å². The van der Waals surface area contributed by atoms with Crippen molar-refractivity contribution in [3.8, 4) is 11.8 Å². The van der Waals surface area contributed by atoms with Crippen LogP contribution in [-0.2, 0) is 11.3 Å². The van der Waals surface area contributed by atoms with E-state index in [2.05, 4.69) is 10.6 Å². The Hall–Kier alpha value is -1.77. The largest absolute Gasteiger partial charge is 0.483 e. The second-order valence-electron chi connectivity index (χ2n) is 4.60. The minimum absolute atomic E-state index is 0.0200. The van der Waals surface area contributed by atoms with Crippen molar-refractivity contribution in [2.75, 3.05) is 13.2 Å². The van der Waals surface area contributed by atoms with Crippen LogP contribution in [0.25, 0.3) is 0 Å². The highest BCUT2D eigenvalue weighted by Crippen LogP contribution is 2.28. The van der Waals surface area contributed by atoms with E-state index in [4.69, 9.17) is 21.6 Å². The Balaban J connectivity index is 1.93. The van der Waals surface area contributed by atoms with Gasteiger partial charge in [0.1, 0.15) is 12.3 Å². The number of nitrogens with zero attached hydrogens (tertiary/aromatic N) is 1. The van der Waals surface area contributed by atoms with Crippen molar-refractivity contribution < 1.29 is 9.53 Å². The molecule has 0 spiro atoms. The Morgan fingerprint density at radius 2 is 2.30 bits per heavy atom. The van der Waals surface area contributed by atoms with Gasteiger partial charge < -0.3 is 15.4 Å². The summed E-state index contributed by atoms with van der Waals surface area (Å²) in [5, 5.41) is 14.8. The van der Waals surface area contributed by atoms with Crippen LogP contribution in [0.4, 0.5) is 0 Å². The highest BCUT2D eigenvalue weighted by atomic mass is 35.5. The molecule has 0 unspecified atom stereocenters. The fraction of sp³-hybridized carbons (Fsp3) is 0.429. The predicted octanol–water partition coefficient (Wildman–Crippen LogP) is 1.61. The maximum Gasteiger partial charge on any atom is 0.258 e. The lowest BCUT2D eigenvalue weighted by molar-refractivity contribution is -0.122. The van der Waals surface area contributed by atoms with Crippen molar-refractivity contribution in [3.63, 3.8) is 0 Å². The molecule has 0 bridgehead atoms. The number of benzene rings is 1. The number of rotatable bonds is 7. The number of ether oxygens (including phenoxy) is 1. The lowest BCUT2D eigenvalue weighted by atomic mass is 10.2. The zero-order valence-corrected chi connectivity index (χ0v) is 11.7. The normalized spacial score (nSPS) is 13.6. The maximum absolute atomic E-state index is 11.4. The zero-order valence-electron chi connectivity index (χ0n) is 11.0. The summed E-state index contributed by atoms with van der Waals surface area (Å²) in [7, 11) is 0. The average Bonchev–Trinajstić information content (AvgIpc) is 3.26. The van der Waals surface area contributed by atoms with Crippen molar-refractivity contribution in [2.45, 2.75) is 25.4 Å². The molecule has 0 aromatic heterocycles. The Bertz CT molecular complexity index is 524. The molecular weight excluding hydrogens is 278 g/mol. The van der Waals surface area contributed by atoms with Gasteiger partial charge in [0, 0.05) is 23.2 Å². The highest BCUT2D eigenvalue weighted by Gasteiger charge is 2.21. The third-order valence-corrected chi connectivity index (χ3v) is 3.30. The van der Waals surface area contributed by atoms with Gasteiger partial charge in [-0.15, -0.1) is 0 Å². The molecule has 106 valence electrons. The summed E-state index contributed by atoms with van der Waals surface area (Å²) < 4.78 is 5.48. The van der Waals surface area contributed by atoms with Gasteiger partial charge in [-0.3, -0.25) is 4.79 Å². The molecule has 2 N–H and O–H groups in total. The first kappa shape index (κ1) is 14.6. The van der Waals surface area contributed by atoms with Crippen molar-refractivity contribution in [2.24, 2.45) is 0 Å². The Morgan fingerprint density at radius 3 is 3.00 bits per heavy atom. The SMILES string of the molecule is N#CCNC(=O)COc1cccc(Cl)c1CNC1CC1. The predicted molar refractivity (Wildman–Crippen MR) is 75.4 cm³/mol. The van der Waals surface area contributed by atoms with Gasteiger partial charge in [-0.05, 0) is 25.0 Å². The van der Waals surface area contributed by atoms with Gasteiger partial charge in [0.15, 0.2) is 6.61 Å². The van der Waals surface area contributed by atoms with Gasteiger partial charge in [0.2, 0.25) is 0 Å². The molecule has 0 radical (unpaired) electrons. The van der Waals surface area contributed by atoms with Crippen LogP contribution in [0.2, 0.25) is 5.02 Å². The molecule has 1 saturated carbocycles. The molecule has 1 aromatic rings. The van der Waals surface area contributed by atoms with Crippen LogP contribution in [0.3, 0.4) is 0 Å². The fourth-order valence-corrected chi connectivity index (χ4v) is 1.94. The van der Waals surface area contributed by atoms with E-state index in [-0.39, 0.29) is 19.1 Å². The molecular formula is C14H16ClN3O2. The monoisotopic (exact) mass is 293 g/mol. The third-order valence-electron chi connectivity index (χ3n) is 2.94. The molecule has 5 nitrogen and oxygen atoms in total. The fourth-order valence-electron chi connectivity index (χ4n) is 1.71. The zero-order chi connectivity index (χ0) is 14.4. The van der Waals surface area contributed by atoms with E-state index in [1.807, 2.05) is 6.07 Å². The summed E-state index contributed by atoms with van der Waals surface area (Å²) >= 11 is 6.17. The van der Waals surface area contributed by atoms with Crippen molar-refractivity contribution >= 4 is 17.5 Å². The van der Waals surface area contributed by atoms with E-state index in [0.717, 1.165) is 5.56 Å². The molecule has 20 heavy (non-hydrogen) atoms. The number of halogens is 1. The summed E-state index contributed by atoms with van der Waals surface area (Å²) in [6.45, 7) is 0.478. The molecule has 0 atom stereocenters. The molecule has 0 heterocycles. The minimum Gasteiger partial charge on any atom is -0.483 e. The van der Waals surface area contributed by atoms with Crippen LogP contribution in [0.5, 0.6) is 5.75 Å². The maximum atomic E-state index is 11.4. The van der Waals surface area contributed by atoms with E-state index >= 15 is 0 Å². The molecule has 2 rings (SSSR count). The van der Waals surface area contributed by atoms with Gasteiger partial charge in [0.25, 0.3) is 5.91 Å². The van der Waals surface area contributed by atoms with Gasteiger partial charge >= 0.3 is 0 Å². The molecule has 1 aliphatic rings. The second-order valence-corrected chi connectivity index (χ2v) is 5.00. The second kappa shape index (κ2) is 7.13. The van der Waals surface area contributed by atoms with Crippen LogP contribution in [0.1, 0.15) is 18.4 Å². The molecule has 1 fully saturated rings. The number of nitrogens with one attached hydrogen (secondary N) is 2. The first-order chi connectivity index (χ1) is 9.70. The van der Waals surface area contributed by atoms with E-state index in [1.165, 1.54) is 12.8 Å². The summed E-state index contributed by atoms with van der Waals surface area (Å²) in [5.41, 5.74) is 0.856. The lowest BCUT2D eigenvalue weighted by Gasteiger charge is -2.13. The molecule has 0 saturated heterocycles. The lowest BCUT2D eigenvalue weighted by Crippen LogP contribution is -2.29. The number of carbonyl (C=O) groups excluding carboxylic acids is 1. The summed E-state index contributed by atoms with van der Waals surface area (Å²) in [6.07, 6.45) is 2.38. The van der Waals surface area contributed by atoms with Crippen LogP contribution >= 0.6 is 11.6 Å². The van der Waals surface area contributed by atoms with Crippen LogP contribution in [0.15, 0.2) is 18.2 Å². The van der Waals surface area contributed by atoms with Crippen molar-refractivity contribution in [3.05, 3.63) is 28.8 Å². The highest BCUT2D eigenvalue weighted by molar-refractivity contribution is 6.31. The number of carbonyl (C=O) groups is 1. The Morgan fingerprint density at radius 1 is 1.50 bits per heavy atom. The van der Waals surface area contributed by atoms with Gasteiger partial charge in [-0.25, -0.2) is 0 Å². The van der Waals surface area contributed by atoms with Gasteiger partial charge in [0.05, 0.1) is 6.07 Å². The van der Waals surface area contributed by atoms with Crippen LogP contribution < -0.4 is 15.4 Å². The van der Waals surface area contributed by atoms with E-state index in [0.29, 0.717) is 23.4 Å². The summed E-state index contributed by atoms with van der Waals surface area (Å²) in [4.78, 5) is 11.4. The first-order valence-corrected chi connectivity index (χ1v) is 6.85. The van der Waals surface area contributed by atoms with Crippen molar-refractivity contribution in [1.29, 1.82) is 5.26 Å².